The highest BCUT2D eigenvalue weighted by molar-refractivity contribution is 5.85. The fourth-order valence-electron chi connectivity index (χ4n) is 3.38. The third-order valence-electron chi connectivity index (χ3n) is 4.69. The highest BCUT2D eigenvalue weighted by Crippen LogP contribution is 2.37. The number of unbranched alkanes of at least 4 members (excludes halogenated alkanes) is 1. The largest absolute Gasteiger partial charge is 0.573 e. The first-order valence-electron chi connectivity index (χ1n) is 8.95. The van der Waals surface area contributed by atoms with Gasteiger partial charge in [-0.15, -0.1) is 13.2 Å². The number of alkyl halides is 3. The summed E-state index contributed by atoms with van der Waals surface area (Å²) in [5.41, 5.74) is 1.04. The summed E-state index contributed by atoms with van der Waals surface area (Å²) in [5.74, 6) is -3.42. The van der Waals surface area contributed by atoms with Gasteiger partial charge in [-0.1, -0.05) is 25.5 Å². The molecule has 0 N–H and O–H groups in total. The van der Waals surface area contributed by atoms with Gasteiger partial charge >= 0.3 is 6.36 Å². The molecule has 1 aliphatic carbocycles. The molecule has 0 saturated carbocycles. The predicted molar refractivity (Wildman–Crippen MR) is 94.2 cm³/mol. The summed E-state index contributed by atoms with van der Waals surface area (Å²) in [6.07, 6.45) is -1.20. The molecule has 0 aromatic heterocycles. The van der Waals surface area contributed by atoms with Crippen LogP contribution in [0.4, 0.5) is 26.3 Å². The first-order chi connectivity index (χ1) is 13.2. The molecule has 28 heavy (non-hydrogen) atoms. The number of hydrogen-bond acceptors (Lipinski definition) is 1. The predicted octanol–water partition coefficient (Wildman–Crippen LogP) is 6.83. The maximum absolute atomic E-state index is 14.5. The Labute approximate surface area is 158 Å². The second-order valence-electron chi connectivity index (χ2n) is 6.70. The second-order valence-corrected chi connectivity index (χ2v) is 6.70. The number of rotatable bonds is 5. The highest BCUT2D eigenvalue weighted by Gasteiger charge is 2.33. The van der Waals surface area contributed by atoms with E-state index in [4.69, 9.17) is 0 Å². The Bertz CT molecular complexity index is 891. The van der Waals surface area contributed by atoms with Crippen LogP contribution in [0.1, 0.15) is 48.4 Å². The summed E-state index contributed by atoms with van der Waals surface area (Å²) in [6, 6.07) is 4.71. The van der Waals surface area contributed by atoms with Crippen LogP contribution in [0.3, 0.4) is 0 Å². The lowest BCUT2D eigenvalue weighted by molar-refractivity contribution is -0.275. The van der Waals surface area contributed by atoms with Gasteiger partial charge in [0.25, 0.3) is 0 Å². The van der Waals surface area contributed by atoms with Crippen molar-refractivity contribution in [3.63, 3.8) is 0 Å². The minimum atomic E-state index is -5.00. The Hall–Kier alpha value is -2.44. The van der Waals surface area contributed by atoms with Crippen LogP contribution in [0, 0.1) is 17.5 Å². The maximum Gasteiger partial charge on any atom is 0.573 e. The second kappa shape index (κ2) is 7.89. The van der Waals surface area contributed by atoms with Crippen molar-refractivity contribution in [3.05, 3.63) is 64.0 Å². The fraction of sp³-hybridized carbons (Fsp3) is 0.333. The summed E-state index contributed by atoms with van der Waals surface area (Å²) in [7, 11) is 0. The molecule has 0 bridgehead atoms. The average molecular weight is 400 g/mol. The van der Waals surface area contributed by atoms with Gasteiger partial charge in [-0.05, 0) is 66.1 Å². The molecule has 0 saturated heterocycles. The molecule has 2 aromatic rings. The normalized spacial score (nSPS) is 13.9. The van der Waals surface area contributed by atoms with Gasteiger partial charge in [-0.25, -0.2) is 13.2 Å². The summed E-state index contributed by atoms with van der Waals surface area (Å²) in [4.78, 5) is 0. The Balaban J connectivity index is 1.95. The molecule has 7 heteroatoms. The van der Waals surface area contributed by atoms with Gasteiger partial charge in [0, 0.05) is 5.56 Å². The molecule has 0 atom stereocenters. The van der Waals surface area contributed by atoms with E-state index in [-0.39, 0.29) is 29.5 Å². The van der Waals surface area contributed by atoms with E-state index in [9.17, 15) is 26.3 Å². The molecule has 0 spiro atoms. The van der Waals surface area contributed by atoms with Crippen molar-refractivity contribution in [3.8, 4) is 5.75 Å². The molecule has 0 radical (unpaired) electrons. The third-order valence-corrected chi connectivity index (χ3v) is 4.69. The first kappa shape index (κ1) is 20.3. The minimum Gasteiger partial charge on any atom is -0.403 e. The topological polar surface area (TPSA) is 9.23 Å². The maximum atomic E-state index is 14.5. The zero-order chi connectivity index (χ0) is 20.5. The van der Waals surface area contributed by atoms with Gasteiger partial charge in [-0.3, -0.25) is 0 Å². The zero-order valence-corrected chi connectivity index (χ0v) is 15.1. The average Bonchev–Trinajstić information content (AvgIpc) is 2.61. The van der Waals surface area contributed by atoms with Crippen LogP contribution in [0.2, 0.25) is 0 Å². The lowest BCUT2D eigenvalue weighted by Gasteiger charge is -2.20. The van der Waals surface area contributed by atoms with Crippen LogP contribution in [0.25, 0.3) is 11.6 Å². The third kappa shape index (κ3) is 4.34. The van der Waals surface area contributed by atoms with Crippen LogP contribution in [-0.4, -0.2) is 6.36 Å². The van der Waals surface area contributed by atoms with Gasteiger partial charge in [-0.2, -0.15) is 0 Å². The molecule has 2 aromatic carbocycles. The summed E-state index contributed by atoms with van der Waals surface area (Å²) >= 11 is 0. The zero-order valence-electron chi connectivity index (χ0n) is 15.1. The lowest BCUT2D eigenvalue weighted by atomic mass is 9.87. The van der Waals surface area contributed by atoms with Crippen molar-refractivity contribution < 1.29 is 31.1 Å². The van der Waals surface area contributed by atoms with Crippen molar-refractivity contribution in [2.75, 3.05) is 0 Å². The van der Waals surface area contributed by atoms with Crippen LogP contribution in [0.5, 0.6) is 5.75 Å². The quantitative estimate of drug-likeness (QED) is 0.500. The number of allylic oxidation sites excluding steroid dienone is 1. The standard InChI is InChI=1S/C21H18F6O/c1-2-3-4-12-9-16(22)19(17(23)10-12)14-5-7-15-13(11-14)6-8-18(20(15)24)28-21(25,26)27/h6,8-11H,2-5,7H2,1H3. The van der Waals surface area contributed by atoms with E-state index < -0.39 is 29.6 Å². The van der Waals surface area contributed by atoms with Crippen molar-refractivity contribution >= 4 is 11.6 Å². The van der Waals surface area contributed by atoms with Gasteiger partial charge in [0.2, 0.25) is 0 Å². The van der Waals surface area contributed by atoms with Crippen molar-refractivity contribution in [1.82, 2.24) is 0 Å². The molecule has 150 valence electrons. The number of aryl methyl sites for hydroxylation is 1. The van der Waals surface area contributed by atoms with E-state index >= 15 is 0 Å². The fourth-order valence-corrected chi connectivity index (χ4v) is 3.38. The molecule has 0 fully saturated rings. The highest BCUT2D eigenvalue weighted by atomic mass is 19.4. The van der Waals surface area contributed by atoms with E-state index in [0.717, 1.165) is 18.9 Å². The summed E-state index contributed by atoms with van der Waals surface area (Å²) < 4.78 is 84.1. The molecule has 0 unspecified atom stereocenters. The molecule has 0 heterocycles. The molecule has 0 amide bonds. The Morgan fingerprint density at radius 3 is 2.29 bits per heavy atom. The van der Waals surface area contributed by atoms with Gasteiger partial charge < -0.3 is 4.74 Å². The molecular formula is C21H18F6O. The van der Waals surface area contributed by atoms with Crippen LogP contribution in [-0.2, 0) is 12.8 Å². The monoisotopic (exact) mass is 400 g/mol. The van der Waals surface area contributed by atoms with E-state index in [2.05, 4.69) is 4.74 Å². The van der Waals surface area contributed by atoms with E-state index in [1.165, 1.54) is 24.3 Å². The number of hydrogen-bond donors (Lipinski definition) is 0. The SMILES string of the molecule is CCCCc1cc(F)c(C2=Cc3ccc(OC(F)(F)F)c(F)c3CC2)c(F)c1. The van der Waals surface area contributed by atoms with E-state index in [1.54, 1.807) is 0 Å². The van der Waals surface area contributed by atoms with Gasteiger partial charge in [0.05, 0.1) is 0 Å². The van der Waals surface area contributed by atoms with Crippen molar-refractivity contribution in [2.24, 2.45) is 0 Å². The molecule has 1 aliphatic rings. The summed E-state index contributed by atoms with van der Waals surface area (Å²) in [5, 5.41) is 0. The number of fused-ring (bicyclic) bond motifs is 1. The van der Waals surface area contributed by atoms with Crippen LogP contribution >= 0.6 is 0 Å². The smallest absolute Gasteiger partial charge is 0.403 e. The Kier molecular flexibility index (Phi) is 5.72. The number of benzene rings is 2. The van der Waals surface area contributed by atoms with Crippen molar-refractivity contribution in [2.45, 2.75) is 45.4 Å². The first-order valence-corrected chi connectivity index (χ1v) is 8.95. The number of ether oxygens (including phenoxy) is 1. The lowest BCUT2D eigenvalue weighted by Crippen LogP contribution is -2.18. The number of halogens is 6. The summed E-state index contributed by atoms with van der Waals surface area (Å²) in [6.45, 7) is 1.98. The molecular weight excluding hydrogens is 382 g/mol. The molecule has 0 aliphatic heterocycles. The van der Waals surface area contributed by atoms with E-state index in [0.29, 0.717) is 17.6 Å². The Morgan fingerprint density at radius 1 is 1.00 bits per heavy atom. The van der Waals surface area contributed by atoms with Crippen LogP contribution in [0.15, 0.2) is 24.3 Å². The Morgan fingerprint density at radius 2 is 1.68 bits per heavy atom. The van der Waals surface area contributed by atoms with Crippen LogP contribution < -0.4 is 4.74 Å². The molecule has 1 nitrogen and oxygen atoms in total. The minimum absolute atomic E-state index is 0.0124. The van der Waals surface area contributed by atoms with Crippen molar-refractivity contribution in [1.29, 1.82) is 0 Å². The van der Waals surface area contributed by atoms with Gasteiger partial charge in [0.15, 0.2) is 11.6 Å². The van der Waals surface area contributed by atoms with E-state index in [1.807, 2.05) is 6.92 Å². The molecule has 3 rings (SSSR count). The van der Waals surface area contributed by atoms with Gasteiger partial charge in [0.1, 0.15) is 11.6 Å².